The van der Waals surface area contributed by atoms with Crippen molar-refractivity contribution in [2.75, 3.05) is 38.7 Å². The molecule has 0 saturated carbocycles. The number of halogens is 1. The first kappa shape index (κ1) is 35.9. The Balaban J connectivity index is 0.00000468. The normalized spacial score (nSPS) is 11.1. The summed E-state index contributed by atoms with van der Waals surface area (Å²) in [5.41, 5.74) is 3.74. The van der Waals surface area contributed by atoms with Crippen molar-refractivity contribution in [3.05, 3.63) is 121 Å². The average Bonchev–Trinajstić information content (AvgIpc) is 3.10. The SMILES string of the molecule is [CH2-]CN(C[CH2-])CCCOc1cc2nccc(Oc3ccc(Nc4nccc5[nH]cc(-c6ccc(F)cc6)c(=O)c45)cc3C)c2cc1OC.[U+2]. The van der Waals surface area contributed by atoms with E-state index in [1.165, 1.54) is 12.1 Å². The zero-order valence-electron chi connectivity index (χ0n) is 27.4. The first-order chi connectivity index (χ1) is 23.4. The quantitative estimate of drug-likeness (QED) is 0.0894. The number of pyridine rings is 3. The van der Waals surface area contributed by atoms with Crippen LogP contribution in [0.3, 0.4) is 0 Å². The maximum atomic E-state index is 13.6. The molecule has 0 aliphatic heterocycles. The molecule has 49 heavy (non-hydrogen) atoms. The second-order valence-electron chi connectivity index (χ2n) is 11.2. The fourth-order valence-corrected chi connectivity index (χ4v) is 5.49. The molecule has 0 aliphatic rings. The third-order valence-corrected chi connectivity index (χ3v) is 8.10. The minimum absolute atomic E-state index is 0. The molecule has 0 unspecified atom stereocenters. The first-order valence-electron chi connectivity index (χ1n) is 15.6. The maximum Gasteiger partial charge on any atom is 2.00 e. The summed E-state index contributed by atoms with van der Waals surface area (Å²) >= 11 is 0. The van der Waals surface area contributed by atoms with Crippen LogP contribution in [0.2, 0.25) is 0 Å². The minimum Gasteiger partial charge on any atom is -0.493 e. The van der Waals surface area contributed by atoms with Gasteiger partial charge < -0.3 is 43.3 Å². The van der Waals surface area contributed by atoms with Crippen LogP contribution in [-0.2, 0) is 0 Å². The smallest absolute Gasteiger partial charge is 0.493 e. The summed E-state index contributed by atoms with van der Waals surface area (Å²) in [6.45, 7) is 12.6. The molecule has 0 amide bonds. The van der Waals surface area contributed by atoms with Crippen LogP contribution in [0.25, 0.3) is 32.9 Å². The summed E-state index contributed by atoms with van der Waals surface area (Å²) in [7, 11) is 1.61. The van der Waals surface area contributed by atoms with Gasteiger partial charge in [0.15, 0.2) is 11.5 Å². The van der Waals surface area contributed by atoms with E-state index in [1.807, 2.05) is 43.3 Å². The van der Waals surface area contributed by atoms with E-state index >= 15 is 0 Å². The van der Waals surface area contributed by atoms with Gasteiger partial charge in [-0.1, -0.05) is 12.1 Å². The van der Waals surface area contributed by atoms with Gasteiger partial charge in [0.25, 0.3) is 0 Å². The van der Waals surface area contributed by atoms with Crippen molar-refractivity contribution in [1.82, 2.24) is 19.9 Å². The number of benzene rings is 3. The van der Waals surface area contributed by atoms with E-state index in [4.69, 9.17) is 14.2 Å². The number of methoxy groups -OCH3 is 1. The molecule has 2 N–H and O–H groups in total. The third kappa shape index (κ3) is 8.07. The number of nitrogens with one attached hydrogen (secondary N) is 2. The molecule has 3 aromatic carbocycles. The van der Waals surface area contributed by atoms with Crippen LogP contribution in [0.1, 0.15) is 12.0 Å². The molecule has 3 aromatic heterocycles. The predicted octanol–water partition coefficient (Wildman–Crippen LogP) is 7.87. The molecule has 0 saturated heterocycles. The molecule has 6 aromatic rings. The second kappa shape index (κ2) is 16.3. The van der Waals surface area contributed by atoms with Crippen LogP contribution in [0, 0.1) is 57.7 Å². The summed E-state index contributed by atoms with van der Waals surface area (Å²) in [6.07, 6.45) is 5.79. The van der Waals surface area contributed by atoms with Crippen molar-refractivity contribution >= 4 is 33.3 Å². The monoisotopic (exact) mass is 883 g/mol. The van der Waals surface area contributed by atoms with Crippen LogP contribution in [0.15, 0.2) is 90.1 Å². The number of fused-ring (bicyclic) bond motifs is 2. The Bertz CT molecular complexity index is 2120. The molecule has 3 heterocycles. The molecule has 6 rings (SSSR count). The van der Waals surface area contributed by atoms with E-state index in [0.717, 1.165) is 29.6 Å². The van der Waals surface area contributed by atoms with Crippen LogP contribution < -0.4 is 25.0 Å². The Morgan fingerprint density at radius 2 is 1.69 bits per heavy atom. The molecule has 0 spiro atoms. The number of nitrogens with zero attached hydrogens (tertiary/aromatic N) is 3. The molecule has 0 bridgehead atoms. The topological polar surface area (TPSA) is 102 Å². The van der Waals surface area contributed by atoms with Crippen molar-refractivity contribution in [3.8, 4) is 34.1 Å². The summed E-state index contributed by atoms with van der Waals surface area (Å²) < 4.78 is 31.6. The number of hydrogen-bond donors (Lipinski definition) is 2. The molecule has 248 valence electrons. The van der Waals surface area contributed by atoms with Gasteiger partial charge in [-0.25, -0.2) is 9.37 Å². The average molecular weight is 884 g/mol. The van der Waals surface area contributed by atoms with Gasteiger partial charge in [0.2, 0.25) is 5.43 Å². The van der Waals surface area contributed by atoms with E-state index in [-0.39, 0.29) is 42.4 Å². The molecule has 0 radical (unpaired) electrons. The fraction of sp³-hybridized carbons (Fsp3) is 0.184. The Morgan fingerprint density at radius 3 is 2.43 bits per heavy atom. The van der Waals surface area contributed by atoms with Crippen molar-refractivity contribution < 1.29 is 49.7 Å². The van der Waals surface area contributed by atoms with Crippen molar-refractivity contribution in [2.24, 2.45) is 0 Å². The van der Waals surface area contributed by atoms with Crippen molar-refractivity contribution in [2.45, 2.75) is 13.3 Å². The Hall–Kier alpha value is -4.43. The largest absolute Gasteiger partial charge is 2.00 e. The minimum atomic E-state index is -0.368. The molecule has 0 atom stereocenters. The third-order valence-electron chi connectivity index (χ3n) is 8.10. The van der Waals surface area contributed by atoms with Gasteiger partial charge in [0, 0.05) is 41.3 Å². The van der Waals surface area contributed by atoms with Crippen LogP contribution in [0.5, 0.6) is 23.0 Å². The van der Waals surface area contributed by atoms with Crippen LogP contribution >= 0.6 is 0 Å². The Kier molecular flexibility index (Phi) is 11.9. The summed E-state index contributed by atoms with van der Waals surface area (Å²) in [6, 6.07) is 18.8. The van der Waals surface area contributed by atoms with Gasteiger partial charge in [-0.3, -0.25) is 9.78 Å². The van der Waals surface area contributed by atoms with E-state index in [9.17, 15) is 9.18 Å². The van der Waals surface area contributed by atoms with Gasteiger partial charge >= 0.3 is 31.1 Å². The summed E-state index contributed by atoms with van der Waals surface area (Å²) in [4.78, 5) is 27.9. The Morgan fingerprint density at radius 1 is 0.918 bits per heavy atom. The Labute approximate surface area is 308 Å². The zero-order chi connectivity index (χ0) is 33.6. The molecule has 0 aliphatic carbocycles. The number of anilines is 2. The molecule has 11 heteroatoms. The molecule has 9 nitrogen and oxygen atoms in total. The van der Waals surface area contributed by atoms with Gasteiger partial charge in [0.1, 0.15) is 23.1 Å². The van der Waals surface area contributed by atoms with Gasteiger partial charge in [0.05, 0.1) is 30.1 Å². The number of H-pyrrole nitrogens is 1. The fourth-order valence-electron chi connectivity index (χ4n) is 5.49. The van der Waals surface area contributed by atoms with E-state index in [2.05, 4.69) is 39.0 Å². The number of ether oxygens (including phenoxy) is 3. The predicted molar refractivity (Wildman–Crippen MR) is 188 cm³/mol. The van der Waals surface area contributed by atoms with Gasteiger partial charge in [-0.05, 0) is 79.5 Å². The van der Waals surface area contributed by atoms with E-state index < -0.39 is 0 Å². The van der Waals surface area contributed by atoms with Crippen LogP contribution in [-0.4, -0.2) is 53.2 Å². The van der Waals surface area contributed by atoms with Crippen molar-refractivity contribution in [1.29, 1.82) is 0 Å². The summed E-state index contributed by atoms with van der Waals surface area (Å²) in [5, 5.41) is 4.47. The van der Waals surface area contributed by atoms with E-state index in [1.54, 1.807) is 43.9 Å². The summed E-state index contributed by atoms with van der Waals surface area (Å²) in [5.74, 6) is 2.50. The first-order valence-corrected chi connectivity index (χ1v) is 15.6. The number of aromatic amines is 1. The standard InChI is InChI=1S/C38H36FN5O4.U/c1-5-44(6-2)18-7-19-47-35-22-31-28(21-34(35)46-4)33(15-17-40-31)48-32-13-12-27(20-24(32)3)43-38-36-30(14-16-41-38)42-23-29(37(36)45)25-8-10-26(39)11-9-25;/h8-17,20-23H,1-2,5-7,18-19H2,3-4H3,(H,41,43)(H,42,45);/q-2;+2. The van der Waals surface area contributed by atoms with Crippen LogP contribution in [0.4, 0.5) is 15.9 Å². The molecule has 0 fully saturated rings. The van der Waals surface area contributed by atoms with Gasteiger partial charge in [-0.2, -0.15) is 0 Å². The molecular weight excluding hydrogens is 847 g/mol. The zero-order valence-corrected chi connectivity index (χ0v) is 31.5. The maximum absolute atomic E-state index is 13.6. The van der Waals surface area contributed by atoms with E-state index in [0.29, 0.717) is 76.1 Å². The second-order valence-corrected chi connectivity index (χ2v) is 11.2. The number of hydrogen-bond acceptors (Lipinski definition) is 8. The van der Waals surface area contributed by atoms with Gasteiger partial charge in [-0.15, -0.1) is 13.1 Å². The molecular formula is C38H36FN5O4U. The number of aryl methyl sites for hydroxylation is 1. The number of aromatic nitrogens is 3. The number of rotatable bonds is 13. The van der Waals surface area contributed by atoms with Crippen molar-refractivity contribution in [3.63, 3.8) is 0 Å².